The molecule has 0 unspecified atom stereocenters. The summed E-state index contributed by atoms with van der Waals surface area (Å²) < 4.78 is 0. The fourth-order valence-corrected chi connectivity index (χ4v) is 2.29. The number of aryl methyl sites for hydroxylation is 2. The summed E-state index contributed by atoms with van der Waals surface area (Å²) in [6, 6.07) is 13.6. The Morgan fingerprint density at radius 2 is 1.58 bits per heavy atom. The molecule has 2 N–H and O–H groups in total. The number of benzene rings is 2. The van der Waals surface area contributed by atoms with Crippen LogP contribution in [0.3, 0.4) is 0 Å². The fraction of sp³-hybridized carbons (Fsp3) is 0.300. The van der Waals surface area contributed by atoms with Crippen LogP contribution in [0, 0.1) is 13.8 Å². The Balaban J connectivity index is 1.89. The number of amides is 2. The molecule has 2 aromatic carbocycles. The summed E-state index contributed by atoms with van der Waals surface area (Å²) in [5.74, 6) is -0.824. The molecular formula is C20H24N2O2. The van der Waals surface area contributed by atoms with Crippen LogP contribution in [-0.4, -0.2) is 11.8 Å². The second-order valence-electron chi connectivity index (χ2n) is 6.33. The molecule has 0 bridgehead atoms. The Hall–Kier alpha value is -2.62. The third kappa shape index (κ3) is 4.69. The number of rotatable bonds is 4. The monoisotopic (exact) mass is 324 g/mol. The molecule has 2 amide bonds. The largest absolute Gasteiger partial charge is 0.344 e. The van der Waals surface area contributed by atoms with Gasteiger partial charge in [0.1, 0.15) is 0 Å². The third-order valence-electron chi connectivity index (χ3n) is 4.07. The Labute approximate surface area is 143 Å². The minimum atomic E-state index is -0.656. The van der Waals surface area contributed by atoms with Gasteiger partial charge in [-0.25, -0.2) is 0 Å². The summed E-state index contributed by atoms with van der Waals surface area (Å²) >= 11 is 0. The number of anilines is 1. The molecule has 0 aliphatic carbocycles. The van der Waals surface area contributed by atoms with Gasteiger partial charge in [0.05, 0.1) is 0 Å². The van der Waals surface area contributed by atoms with Crippen LogP contribution in [-0.2, 0) is 16.1 Å². The molecule has 0 spiro atoms. The Morgan fingerprint density at radius 1 is 0.917 bits per heavy atom. The van der Waals surface area contributed by atoms with E-state index in [9.17, 15) is 9.59 Å². The van der Waals surface area contributed by atoms with Crippen LogP contribution in [0.15, 0.2) is 42.5 Å². The molecular weight excluding hydrogens is 300 g/mol. The van der Waals surface area contributed by atoms with Gasteiger partial charge in [-0.2, -0.15) is 0 Å². The molecule has 24 heavy (non-hydrogen) atoms. The van der Waals surface area contributed by atoms with Crippen molar-refractivity contribution in [3.8, 4) is 0 Å². The second kappa shape index (κ2) is 7.77. The molecule has 0 aliphatic heterocycles. The number of hydrogen-bond donors (Lipinski definition) is 2. The SMILES string of the molecule is Cc1ccc(NC(=O)C(=O)NCc2ccc(C(C)C)cc2)cc1C. The first kappa shape index (κ1) is 17.7. The van der Waals surface area contributed by atoms with E-state index in [1.54, 1.807) is 6.07 Å². The van der Waals surface area contributed by atoms with Gasteiger partial charge in [-0.15, -0.1) is 0 Å². The van der Waals surface area contributed by atoms with Crippen LogP contribution in [0.25, 0.3) is 0 Å². The van der Waals surface area contributed by atoms with E-state index in [0.29, 0.717) is 18.2 Å². The van der Waals surface area contributed by atoms with Gasteiger partial charge in [0, 0.05) is 12.2 Å². The van der Waals surface area contributed by atoms with Gasteiger partial charge in [-0.05, 0) is 54.2 Å². The van der Waals surface area contributed by atoms with E-state index in [2.05, 4.69) is 24.5 Å². The molecule has 0 radical (unpaired) electrons. The van der Waals surface area contributed by atoms with E-state index in [-0.39, 0.29) is 0 Å². The van der Waals surface area contributed by atoms with Crippen molar-refractivity contribution in [3.05, 3.63) is 64.7 Å². The lowest BCUT2D eigenvalue weighted by Crippen LogP contribution is -2.34. The number of carbonyl (C=O) groups is 2. The highest BCUT2D eigenvalue weighted by Crippen LogP contribution is 2.15. The van der Waals surface area contributed by atoms with Crippen molar-refractivity contribution in [2.24, 2.45) is 0 Å². The maximum Gasteiger partial charge on any atom is 0.313 e. The molecule has 0 saturated heterocycles. The number of hydrogen-bond acceptors (Lipinski definition) is 2. The standard InChI is InChI=1S/C20H24N2O2/c1-13(2)17-8-6-16(7-9-17)12-21-19(23)20(24)22-18-10-5-14(3)15(4)11-18/h5-11,13H,12H2,1-4H3,(H,21,23)(H,22,24). The summed E-state index contributed by atoms with van der Waals surface area (Å²) in [6.45, 7) is 8.56. The molecule has 4 nitrogen and oxygen atoms in total. The Bertz CT molecular complexity index is 734. The molecule has 0 aromatic heterocycles. The third-order valence-corrected chi connectivity index (χ3v) is 4.07. The smallest absolute Gasteiger partial charge is 0.313 e. The highest BCUT2D eigenvalue weighted by molar-refractivity contribution is 6.39. The van der Waals surface area contributed by atoms with Crippen molar-refractivity contribution >= 4 is 17.5 Å². The van der Waals surface area contributed by atoms with Crippen molar-refractivity contribution in [3.63, 3.8) is 0 Å². The molecule has 0 heterocycles. The fourth-order valence-electron chi connectivity index (χ4n) is 2.29. The molecule has 0 fully saturated rings. The average Bonchev–Trinajstić information content (AvgIpc) is 2.56. The van der Waals surface area contributed by atoms with Crippen LogP contribution >= 0.6 is 0 Å². The predicted octanol–water partition coefficient (Wildman–Crippen LogP) is 3.68. The highest BCUT2D eigenvalue weighted by atomic mass is 16.2. The van der Waals surface area contributed by atoms with Crippen LogP contribution in [0.5, 0.6) is 0 Å². The summed E-state index contributed by atoms with van der Waals surface area (Å²) in [5, 5.41) is 5.26. The molecule has 0 aliphatic rings. The van der Waals surface area contributed by atoms with E-state index < -0.39 is 11.8 Å². The summed E-state index contributed by atoms with van der Waals surface area (Å²) in [5.41, 5.74) is 5.05. The van der Waals surface area contributed by atoms with Crippen LogP contribution in [0.4, 0.5) is 5.69 Å². The van der Waals surface area contributed by atoms with Gasteiger partial charge in [0.25, 0.3) is 0 Å². The zero-order valence-corrected chi connectivity index (χ0v) is 14.6. The second-order valence-corrected chi connectivity index (χ2v) is 6.33. The lowest BCUT2D eigenvalue weighted by Gasteiger charge is -2.09. The minimum Gasteiger partial charge on any atom is -0.344 e. The number of nitrogens with one attached hydrogen (secondary N) is 2. The average molecular weight is 324 g/mol. The van der Waals surface area contributed by atoms with Crippen molar-refractivity contribution < 1.29 is 9.59 Å². The molecule has 126 valence electrons. The van der Waals surface area contributed by atoms with Gasteiger partial charge in [-0.1, -0.05) is 44.2 Å². The van der Waals surface area contributed by atoms with Gasteiger partial charge in [0.15, 0.2) is 0 Å². The number of carbonyl (C=O) groups excluding carboxylic acids is 2. The van der Waals surface area contributed by atoms with Crippen molar-refractivity contribution in [1.29, 1.82) is 0 Å². The Morgan fingerprint density at radius 3 is 2.17 bits per heavy atom. The van der Waals surface area contributed by atoms with Crippen LogP contribution < -0.4 is 10.6 Å². The first-order chi connectivity index (χ1) is 11.4. The van der Waals surface area contributed by atoms with Gasteiger partial charge < -0.3 is 10.6 Å². The molecule has 4 heteroatoms. The first-order valence-electron chi connectivity index (χ1n) is 8.12. The van der Waals surface area contributed by atoms with Gasteiger partial charge in [-0.3, -0.25) is 9.59 Å². The van der Waals surface area contributed by atoms with Crippen LogP contribution in [0.1, 0.15) is 42.0 Å². The quantitative estimate of drug-likeness (QED) is 0.843. The van der Waals surface area contributed by atoms with Gasteiger partial charge in [0.2, 0.25) is 0 Å². The molecule has 2 rings (SSSR count). The van der Waals surface area contributed by atoms with E-state index in [4.69, 9.17) is 0 Å². The van der Waals surface area contributed by atoms with E-state index >= 15 is 0 Å². The highest BCUT2D eigenvalue weighted by Gasteiger charge is 2.13. The lowest BCUT2D eigenvalue weighted by molar-refractivity contribution is -0.136. The topological polar surface area (TPSA) is 58.2 Å². The van der Waals surface area contributed by atoms with Crippen LogP contribution in [0.2, 0.25) is 0 Å². The van der Waals surface area contributed by atoms with Crippen molar-refractivity contribution in [2.75, 3.05) is 5.32 Å². The normalized spacial score (nSPS) is 10.5. The van der Waals surface area contributed by atoms with E-state index in [0.717, 1.165) is 16.7 Å². The van der Waals surface area contributed by atoms with E-state index in [1.807, 2.05) is 50.2 Å². The van der Waals surface area contributed by atoms with Crippen molar-refractivity contribution in [1.82, 2.24) is 5.32 Å². The maximum absolute atomic E-state index is 12.0. The molecule has 0 atom stereocenters. The molecule has 0 saturated carbocycles. The summed E-state index contributed by atoms with van der Waals surface area (Å²) in [6.07, 6.45) is 0. The minimum absolute atomic E-state index is 0.331. The summed E-state index contributed by atoms with van der Waals surface area (Å²) in [4.78, 5) is 23.9. The maximum atomic E-state index is 12.0. The molecule has 2 aromatic rings. The van der Waals surface area contributed by atoms with Crippen molar-refractivity contribution in [2.45, 2.75) is 40.2 Å². The zero-order valence-electron chi connectivity index (χ0n) is 14.6. The zero-order chi connectivity index (χ0) is 17.7. The lowest BCUT2D eigenvalue weighted by atomic mass is 10.0. The first-order valence-corrected chi connectivity index (χ1v) is 8.12. The van der Waals surface area contributed by atoms with E-state index in [1.165, 1.54) is 5.56 Å². The summed E-state index contributed by atoms with van der Waals surface area (Å²) in [7, 11) is 0. The van der Waals surface area contributed by atoms with Gasteiger partial charge >= 0.3 is 11.8 Å². The Kier molecular flexibility index (Phi) is 5.74. The predicted molar refractivity (Wildman–Crippen MR) is 96.9 cm³/mol.